The fraction of sp³-hybridized carbons (Fsp3) is 0.143. The second kappa shape index (κ2) is 8.37. The number of nitrogens with zero attached hydrogens (tertiary/aromatic N) is 4. The van der Waals surface area contributed by atoms with E-state index in [2.05, 4.69) is 20.4 Å². The van der Waals surface area contributed by atoms with Gasteiger partial charge in [-0.25, -0.2) is 19.0 Å². The molecule has 3 N–H and O–H groups in total. The summed E-state index contributed by atoms with van der Waals surface area (Å²) in [5.74, 6) is -1.40. The van der Waals surface area contributed by atoms with Crippen molar-refractivity contribution in [3.63, 3.8) is 0 Å². The van der Waals surface area contributed by atoms with Crippen molar-refractivity contribution in [2.45, 2.75) is 19.5 Å². The van der Waals surface area contributed by atoms with Crippen molar-refractivity contribution in [3.05, 3.63) is 71.8 Å². The number of aromatic nitrogens is 4. The summed E-state index contributed by atoms with van der Waals surface area (Å²) in [5.41, 5.74) is 5.82. The minimum Gasteiger partial charge on any atom is -0.443 e. The van der Waals surface area contributed by atoms with Gasteiger partial charge in [0.15, 0.2) is 12.2 Å². The summed E-state index contributed by atoms with van der Waals surface area (Å²) in [6, 6.07) is 6.05. The van der Waals surface area contributed by atoms with Crippen LogP contribution in [0.1, 0.15) is 28.5 Å². The number of nitrogens with one attached hydrogen (secondary N) is 1. The quantitative estimate of drug-likeness (QED) is 0.425. The maximum atomic E-state index is 14.6. The molecule has 0 saturated carbocycles. The molecule has 0 aliphatic heterocycles. The van der Waals surface area contributed by atoms with Crippen molar-refractivity contribution in [1.29, 1.82) is 0 Å². The van der Waals surface area contributed by atoms with Gasteiger partial charge in [0.25, 0.3) is 5.91 Å². The van der Waals surface area contributed by atoms with Crippen molar-refractivity contribution in [2.75, 3.05) is 11.1 Å². The third-order valence-corrected chi connectivity index (χ3v) is 4.79. The Morgan fingerprint density at radius 1 is 1.21 bits per heavy atom. The molecule has 0 fully saturated rings. The molecule has 4 aromatic rings. The van der Waals surface area contributed by atoms with E-state index < -0.39 is 23.5 Å². The molecule has 8 nitrogen and oxygen atoms in total. The predicted octanol–water partition coefficient (Wildman–Crippen LogP) is 4.48. The number of anilines is 2. The number of aryl methyl sites for hydroxylation is 1. The van der Waals surface area contributed by atoms with Crippen molar-refractivity contribution in [2.24, 2.45) is 0 Å². The van der Waals surface area contributed by atoms with E-state index in [0.29, 0.717) is 18.3 Å². The molecule has 12 heteroatoms. The van der Waals surface area contributed by atoms with Crippen LogP contribution in [-0.2, 0) is 12.6 Å². The van der Waals surface area contributed by atoms with Crippen LogP contribution < -0.4 is 11.1 Å². The van der Waals surface area contributed by atoms with Crippen LogP contribution in [0, 0.1) is 5.82 Å². The molecule has 1 amide bonds. The number of halogens is 4. The molecule has 170 valence electrons. The van der Waals surface area contributed by atoms with Gasteiger partial charge in [0.2, 0.25) is 0 Å². The lowest BCUT2D eigenvalue weighted by Crippen LogP contribution is -2.16. The number of carbonyl (C=O) groups is 1. The van der Waals surface area contributed by atoms with E-state index in [1.54, 1.807) is 13.0 Å². The zero-order valence-electron chi connectivity index (χ0n) is 17.0. The first-order chi connectivity index (χ1) is 15.7. The maximum absolute atomic E-state index is 14.6. The van der Waals surface area contributed by atoms with Crippen molar-refractivity contribution >= 4 is 17.5 Å². The second-order valence-corrected chi connectivity index (χ2v) is 6.86. The highest BCUT2D eigenvalue weighted by Crippen LogP contribution is 2.33. The van der Waals surface area contributed by atoms with Crippen LogP contribution in [-0.4, -0.2) is 25.7 Å². The topological polar surface area (TPSA) is 112 Å². The molecule has 3 aromatic heterocycles. The zero-order valence-corrected chi connectivity index (χ0v) is 17.0. The van der Waals surface area contributed by atoms with Gasteiger partial charge >= 0.3 is 6.18 Å². The average molecular weight is 460 g/mol. The Balaban J connectivity index is 1.72. The summed E-state index contributed by atoms with van der Waals surface area (Å²) >= 11 is 0. The van der Waals surface area contributed by atoms with Gasteiger partial charge in [0.1, 0.15) is 23.0 Å². The van der Waals surface area contributed by atoms with Gasteiger partial charge in [-0.05, 0) is 30.7 Å². The first-order valence-electron chi connectivity index (χ1n) is 9.60. The zero-order chi connectivity index (χ0) is 23.8. The summed E-state index contributed by atoms with van der Waals surface area (Å²) < 4.78 is 59.3. The number of hydrogen-bond acceptors (Lipinski definition) is 6. The van der Waals surface area contributed by atoms with Gasteiger partial charge < -0.3 is 15.5 Å². The molecule has 1 aromatic carbocycles. The molecule has 0 atom stereocenters. The van der Waals surface area contributed by atoms with E-state index in [-0.39, 0.29) is 34.2 Å². The molecular formula is C21H16F4N6O2. The Bertz CT molecular complexity index is 1300. The number of carbonyl (C=O) groups excluding carboxylic acids is 1. The summed E-state index contributed by atoms with van der Waals surface area (Å²) in [6.45, 7) is 1.74. The lowest BCUT2D eigenvalue weighted by molar-refractivity contribution is -0.137. The van der Waals surface area contributed by atoms with E-state index in [4.69, 9.17) is 10.2 Å². The van der Waals surface area contributed by atoms with Crippen LogP contribution in [0.4, 0.5) is 29.2 Å². The van der Waals surface area contributed by atoms with E-state index in [1.807, 2.05) is 0 Å². The van der Waals surface area contributed by atoms with Crippen LogP contribution in [0.5, 0.6) is 0 Å². The Labute approximate surface area is 184 Å². The highest BCUT2D eigenvalue weighted by atomic mass is 19.4. The van der Waals surface area contributed by atoms with E-state index in [9.17, 15) is 22.4 Å². The Hall–Kier alpha value is -4.22. The molecule has 4 rings (SSSR count). The second-order valence-electron chi connectivity index (χ2n) is 6.86. The number of amides is 1. The van der Waals surface area contributed by atoms with Crippen molar-refractivity contribution in [1.82, 2.24) is 19.7 Å². The molecule has 0 aliphatic carbocycles. The average Bonchev–Trinajstić information content (AvgIpc) is 3.41. The highest BCUT2D eigenvalue weighted by Gasteiger charge is 2.31. The normalized spacial score (nSPS) is 11.5. The number of benzene rings is 1. The van der Waals surface area contributed by atoms with Crippen LogP contribution in [0.25, 0.3) is 17.0 Å². The third kappa shape index (κ3) is 4.14. The van der Waals surface area contributed by atoms with Gasteiger partial charge in [-0.3, -0.25) is 4.79 Å². The molecule has 0 aliphatic rings. The van der Waals surface area contributed by atoms with Gasteiger partial charge in [-0.15, -0.1) is 0 Å². The standard InChI is InChI=1S/C21H16F4N6O2/c1-2-13-18(20(32)29-16-7-6-11(8-28-16)21(23,24)25)19(26)31(30-13)14-5-3-4-12(22)17(14)15-9-27-10-33-15/h3-10H,2,26H2,1H3,(H,28,29,32). The monoisotopic (exact) mass is 460 g/mol. The highest BCUT2D eigenvalue weighted by molar-refractivity contribution is 6.08. The number of oxazole rings is 1. The van der Waals surface area contributed by atoms with Gasteiger partial charge in [0.05, 0.1) is 28.7 Å². The fourth-order valence-electron chi connectivity index (χ4n) is 3.24. The maximum Gasteiger partial charge on any atom is 0.417 e. The molecule has 33 heavy (non-hydrogen) atoms. The fourth-order valence-corrected chi connectivity index (χ4v) is 3.24. The minimum atomic E-state index is -4.55. The molecule has 0 bridgehead atoms. The minimum absolute atomic E-state index is 0.00743. The number of pyridine rings is 1. The molecule has 0 saturated heterocycles. The van der Waals surface area contributed by atoms with E-state index in [1.165, 1.54) is 23.0 Å². The first kappa shape index (κ1) is 22.0. The Morgan fingerprint density at radius 3 is 2.61 bits per heavy atom. The van der Waals surface area contributed by atoms with Crippen LogP contribution in [0.3, 0.4) is 0 Å². The number of alkyl halides is 3. The Morgan fingerprint density at radius 2 is 2.00 bits per heavy atom. The molecule has 0 radical (unpaired) electrons. The predicted molar refractivity (Wildman–Crippen MR) is 110 cm³/mol. The number of hydrogen-bond donors (Lipinski definition) is 2. The van der Waals surface area contributed by atoms with Crippen molar-refractivity contribution < 1.29 is 26.8 Å². The summed E-state index contributed by atoms with van der Waals surface area (Å²) in [5, 5.41) is 6.77. The third-order valence-electron chi connectivity index (χ3n) is 4.79. The number of nitrogen functional groups attached to an aromatic ring is 1. The number of rotatable bonds is 5. The first-order valence-corrected chi connectivity index (χ1v) is 9.60. The largest absolute Gasteiger partial charge is 0.443 e. The van der Waals surface area contributed by atoms with Crippen LogP contribution >= 0.6 is 0 Å². The lowest BCUT2D eigenvalue weighted by atomic mass is 10.1. The van der Waals surface area contributed by atoms with Crippen LogP contribution in [0.2, 0.25) is 0 Å². The van der Waals surface area contributed by atoms with Crippen LogP contribution in [0.15, 0.2) is 53.5 Å². The van der Waals surface area contributed by atoms with E-state index in [0.717, 1.165) is 18.5 Å². The SMILES string of the molecule is CCc1nn(-c2cccc(F)c2-c2cnco2)c(N)c1C(=O)Nc1ccc(C(F)(F)F)cn1. The summed E-state index contributed by atoms with van der Waals surface area (Å²) in [7, 11) is 0. The molecular weight excluding hydrogens is 444 g/mol. The van der Waals surface area contributed by atoms with Gasteiger partial charge in [-0.1, -0.05) is 13.0 Å². The van der Waals surface area contributed by atoms with Crippen molar-refractivity contribution in [3.8, 4) is 17.0 Å². The molecule has 3 heterocycles. The van der Waals surface area contributed by atoms with E-state index >= 15 is 0 Å². The summed E-state index contributed by atoms with van der Waals surface area (Å²) in [4.78, 5) is 20.3. The smallest absolute Gasteiger partial charge is 0.417 e. The Kier molecular flexibility index (Phi) is 5.58. The number of nitrogens with two attached hydrogens (primary N) is 1. The lowest BCUT2D eigenvalue weighted by Gasteiger charge is -2.10. The van der Waals surface area contributed by atoms with Gasteiger partial charge in [0, 0.05) is 6.20 Å². The van der Waals surface area contributed by atoms with Gasteiger partial charge in [-0.2, -0.15) is 18.3 Å². The summed E-state index contributed by atoms with van der Waals surface area (Å²) in [6.07, 6.45) is -1.17. The molecule has 0 spiro atoms. The molecule has 0 unspecified atom stereocenters.